The van der Waals surface area contributed by atoms with Crippen molar-refractivity contribution in [2.45, 2.75) is 6.61 Å². The first-order chi connectivity index (χ1) is 8.58. The number of aromatic nitrogens is 2. The van der Waals surface area contributed by atoms with Gasteiger partial charge < -0.3 is 10.5 Å². The molecule has 2 rings (SSSR count). The fourth-order valence-electron chi connectivity index (χ4n) is 1.59. The van der Waals surface area contributed by atoms with Crippen LogP contribution in [0.15, 0.2) is 30.6 Å². The van der Waals surface area contributed by atoms with E-state index < -0.39 is 5.82 Å². The van der Waals surface area contributed by atoms with E-state index in [1.54, 1.807) is 30.2 Å². The van der Waals surface area contributed by atoms with Crippen molar-refractivity contribution in [2.75, 3.05) is 0 Å². The molecule has 0 fully saturated rings. The number of nitrogen functional groups attached to an aromatic ring is 1. The fourth-order valence-corrected chi connectivity index (χ4v) is 1.59. The SMILES string of the molecule is Cn1cc(COc2cccc(F)c2C(=N)N)cn1. The number of rotatable bonds is 4. The van der Waals surface area contributed by atoms with Gasteiger partial charge in [0.05, 0.1) is 11.8 Å². The molecule has 6 heteroatoms. The predicted octanol–water partition coefficient (Wildman–Crippen LogP) is 1.42. The Kier molecular flexibility index (Phi) is 3.27. The molecule has 0 atom stereocenters. The van der Waals surface area contributed by atoms with Gasteiger partial charge in [0.1, 0.15) is 24.0 Å². The van der Waals surface area contributed by atoms with Gasteiger partial charge in [0.25, 0.3) is 0 Å². The largest absolute Gasteiger partial charge is 0.488 e. The average Bonchev–Trinajstić information content (AvgIpc) is 2.72. The number of nitrogens with two attached hydrogens (primary N) is 1. The summed E-state index contributed by atoms with van der Waals surface area (Å²) in [6, 6.07) is 4.34. The van der Waals surface area contributed by atoms with E-state index in [9.17, 15) is 4.39 Å². The zero-order valence-corrected chi connectivity index (χ0v) is 9.85. The van der Waals surface area contributed by atoms with E-state index in [-0.39, 0.29) is 23.8 Å². The van der Waals surface area contributed by atoms with Crippen LogP contribution in [0, 0.1) is 11.2 Å². The van der Waals surface area contributed by atoms with Crippen LogP contribution in [0.4, 0.5) is 4.39 Å². The number of nitrogens with one attached hydrogen (secondary N) is 1. The predicted molar refractivity (Wildman–Crippen MR) is 65.0 cm³/mol. The summed E-state index contributed by atoms with van der Waals surface area (Å²) in [5, 5.41) is 11.3. The van der Waals surface area contributed by atoms with Gasteiger partial charge in [-0.25, -0.2) is 4.39 Å². The Labute approximate surface area is 103 Å². The molecule has 1 aromatic carbocycles. The monoisotopic (exact) mass is 248 g/mol. The summed E-state index contributed by atoms with van der Waals surface area (Å²) >= 11 is 0. The number of ether oxygens (including phenoxy) is 1. The molecule has 0 aliphatic rings. The Morgan fingerprint density at radius 2 is 2.33 bits per heavy atom. The van der Waals surface area contributed by atoms with Crippen molar-refractivity contribution in [3.63, 3.8) is 0 Å². The lowest BCUT2D eigenvalue weighted by molar-refractivity contribution is 0.303. The number of hydrogen-bond acceptors (Lipinski definition) is 3. The van der Waals surface area contributed by atoms with E-state index in [1.807, 2.05) is 0 Å². The summed E-state index contributed by atoms with van der Waals surface area (Å²) < 4.78 is 20.6. The number of aryl methyl sites for hydroxylation is 1. The molecule has 0 saturated heterocycles. The molecular weight excluding hydrogens is 235 g/mol. The van der Waals surface area contributed by atoms with Gasteiger partial charge in [0.15, 0.2) is 0 Å². The minimum absolute atomic E-state index is 0.0126. The highest BCUT2D eigenvalue weighted by molar-refractivity contribution is 5.97. The lowest BCUT2D eigenvalue weighted by atomic mass is 10.1. The zero-order valence-electron chi connectivity index (χ0n) is 9.85. The molecule has 0 unspecified atom stereocenters. The highest BCUT2D eigenvalue weighted by Crippen LogP contribution is 2.21. The summed E-state index contributed by atoms with van der Waals surface area (Å²) in [5.41, 5.74) is 6.18. The first-order valence-electron chi connectivity index (χ1n) is 5.31. The smallest absolute Gasteiger partial charge is 0.137 e. The van der Waals surface area contributed by atoms with Crippen molar-refractivity contribution in [1.29, 1.82) is 5.41 Å². The molecule has 94 valence electrons. The van der Waals surface area contributed by atoms with Crippen molar-refractivity contribution >= 4 is 5.84 Å². The minimum atomic E-state index is -0.564. The zero-order chi connectivity index (χ0) is 13.1. The van der Waals surface area contributed by atoms with E-state index in [2.05, 4.69) is 5.10 Å². The molecule has 0 radical (unpaired) electrons. The normalized spacial score (nSPS) is 10.3. The Balaban J connectivity index is 2.19. The van der Waals surface area contributed by atoms with Gasteiger partial charge in [-0.3, -0.25) is 10.1 Å². The van der Waals surface area contributed by atoms with Crippen LogP contribution in [0.25, 0.3) is 0 Å². The quantitative estimate of drug-likeness (QED) is 0.634. The Morgan fingerprint density at radius 3 is 2.94 bits per heavy atom. The molecule has 0 saturated carbocycles. The Morgan fingerprint density at radius 1 is 1.56 bits per heavy atom. The second-order valence-corrected chi connectivity index (χ2v) is 3.84. The summed E-state index contributed by atoms with van der Waals surface area (Å²) in [6.07, 6.45) is 3.46. The van der Waals surface area contributed by atoms with E-state index >= 15 is 0 Å². The van der Waals surface area contributed by atoms with Gasteiger partial charge in [-0.1, -0.05) is 6.07 Å². The van der Waals surface area contributed by atoms with Crippen molar-refractivity contribution in [2.24, 2.45) is 12.8 Å². The molecule has 0 bridgehead atoms. The number of hydrogen-bond donors (Lipinski definition) is 2. The highest BCUT2D eigenvalue weighted by atomic mass is 19.1. The van der Waals surface area contributed by atoms with Crippen LogP contribution in [-0.4, -0.2) is 15.6 Å². The molecular formula is C12H13FN4O. The van der Waals surface area contributed by atoms with E-state index in [0.717, 1.165) is 5.56 Å². The molecule has 0 spiro atoms. The maximum Gasteiger partial charge on any atom is 0.137 e. The number of benzene rings is 1. The molecule has 2 aromatic rings. The van der Waals surface area contributed by atoms with Crippen LogP contribution in [-0.2, 0) is 13.7 Å². The lowest BCUT2D eigenvalue weighted by Gasteiger charge is -2.10. The first kappa shape index (κ1) is 12.1. The number of nitrogens with zero attached hydrogens (tertiary/aromatic N) is 2. The second kappa shape index (κ2) is 4.87. The maximum absolute atomic E-state index is 13.5. The van der Waals surface area contributed by atoms with Crippen LogP contribution in [0.3, 0.4) is 0 Å². The maximum atomic E-state index is 13.5. The molecule has 1 heterocycles. The van der Waals surface area contributed by atoms with Crippen molar-refractivity contribution in [3.05, 3.63) is 47.5 Å². The molecule has 1 aromatic heterocycles. The molecule has 0 aliphatic heterocycles. The second-order valence-electron chi connectivity index (χ2n) is 3.84. The topological polar surface area (TPSA) is 76.9 Å². The van der Waals surface area contributed by atoms with Gasteiger partial charge in [0.2, 0.25) is 0 Å². The van der Waals surface area contributed by atoms with E-state index in [4.69, 9.17) is 15.9 Å². The van der Waals surface area contributed by atoms with Gasteiger partial charge in [-0.05, 0) is 12.1 Å². The molecule has 0 aliphatic carbocycles. The number of amidine groups is 1. The van der Waals surface area contributed by atoms with Gasteiger partial charge in [0, 0.05) is 18.8 Å². The van der Waals surface area contributed by atoms with Crippen LogP contribution < -0.4 is 10.5 Å². The van der Waals surface area contributed by atoms with Gasteiger partial charge >= 0.3 is 0 Å². The summed E-state index contributed by atoms with van der Waals surface area (Å²) in [6.45, 7) is 0.248. The van der Waals surface area contributed by atoms with Crippen LogP contribution in [0.2, 0.25) is 0 Å². The average molecular weight is 248 g/mol. The van der Waals surface area contributed by atoms with Crippen LogP contribution in [0.5, 0.6) is 5.75 Å². The molecule has 3 N–H and O–H groups in total. The van der Waals surface area contributed by atoms with Crippen molar-refractivity contribution in [3.8, 4) is 5.75 Å². The van der Waals surface area contributed by atoms with Crippen LogP contribution in [0.1, 0.15) is 11.1 Å². The third kappa shape index (κ3) is 2.48. The van der Waals surface area contributed by atoms with E-state index in [1.165, 1.54) is 12.1 Å². The molecule has 5 nitrogen and oxygen atoms in total. The summed E-state index contributed by atoms with van der Waals surface area (Å²) in [5.74, 6) is -0.660. The summed E-state index contributed by atoms with van der Waals surface area (Å²) in [7, 11) is 1.80. The molecule has 18 heavy (non-hydrogen) atoms. The minimum Gasteiger partial charge on any atom is -0.488 e. The Bertz CT molecular complexity index is 579. The number of halogens is 1. The fraction of sp³-hybridized carbons (Fsp3) is 0.167. The van der Waals surface area contributed by atoms with Crippen molar-refractivity contribution in [1.82, 2.24) is 9.78 Å². The third-order valence-corrected chi connectivity index (χ3v) is 2.40. The summed E-state index contributed by atoms with van der Waals surface area (Å²) in [4.78, 5) is 0. The van der Waals surface area contributed by atoms with Crippen molar-refractivity contribution < 1.29 is 9.13 Å². The first-order valence-corrected chi connectivity index (χ1v) is 5.31. The third-order valence-electron chi connectivity index (χ3n) is 2.40. The lowest BCUT2D eigenvalue weighted by Crippen LogP contribution is -2.15. The Hall–Kier alpha value is -2.37. The van der Waals surface area contributed by atoms with Crippen LogP contribution >= 0.6 is 0 Å². The molecule has 0 amide bonds. The van der Waals surface area contributed by atoms with E-state index in [0.29, 0.717) is 0 Å². The standard InChI is InChI=1S/C12H13FN4O/c1-17-6-8(5-16-17)7-18-10-4-2-3-9(13)11(10)12(14)15/h2-6H,7H2,1H3,(H3,14,15). The van der Waals surface area contributed by atoms with Gasteiger partial charge in [-0.2, -0.15) is 5.10 Å². The van der Waals surface area contributed by atoms with Gasteiger partial charge in [-0.15, -0.1) is 0 Å². The highest BCUT2D eigenvalue weighted by Gasteiger charge is 2.12.